The van der Waals surface area contributed by atoms with Crippen LogP contribution < -0.4 is 5.32 Å². The van der Waals surface area contributed by atoms with E-state index >= 15 is 0 Å². The van der Waals surface area contributed by atoms with E-state index in [9.17, 15) is 19.5 Å². The van der Waals surface area contributed by atoms with Gasteiger partial charge in [0.1, 0.15) is 16.5 Å². The molecule has 8 heteroatoms. The first-order valence-electron chi connectivity index (χ1n) is 10.5. The Labute approximate surface area is 195 Å². The molecule has 0 radical (unpaired) electrons. The molecule has 1 aromatic heterocycles. The van der Waals surface area contributed by atoms with Crippen LogP contribution in [0.1, 0.15) is 56.5 Å². The number of esters is 1. The highest BCUT2D eigenvalue weighted by Crippen LogP contribution is 2.44. The van der Waals surface area contributed by atoms with Gasteiger partial charge in [0.05, 0.1) is 11.7 Å². The molecule has 1 aliphatic carbocycles. The zero-order valence-corrected chi connectivity index (χ0v) is 19.2. The number of hydrogen-bond donors (Lipinski definition) is 2. The van der Waals surface area contributed by atoms with E-state index in [0.29, 0.717) is 0 Å². The molecular weight excluding hydrogens is 442 g/mol. The van der Waals surface area contributed by atoms with Crippen LogP contribution in [-0.2, 0) is 9.47 Å². The summed E-state index contributed by atoms with van der Waals surface area (Å²) >= 11 is 0.801. The lowest BCUT2D eigenvalue weighted by Gasteiger charge is -2.15. The van der Waals surface area contributed by atoms with Crippen LogP contribution in [-0.4, -0.2) is 35.8 Å². The maximum atomic E-state index is 12.7. The second-order valence-electron chi connectivity index (χ2n) is 7.97. The smallest absolute Gasteiger partial charge is 0.412 e. The third-order valence-electron chi connectivity index (χ3n) is 5.45. The first-order valence-corrected chi connectivity index (χ1v) is 11.3. The number of amides is 1. The van der Waals surface area contributed by atoms with Gasteiger partial charge in [-0.3, -0.25) is 5.32 Å². The van der Waals surface area contributed by atoms with Crippen molar-refractivity contribution in [3.05, 3.63) is 75.7 Å². The number of thiophene rings is 1. The summed E-state index contributed by atoms with van der Waals surface area (Å²) in [5, 5.41) is 12.1. The zero-order chi connectivity index (χ0) is 23.7. The molecule has 0 atom stereocenters. The van der Waals surface area contributed by atoms with Crippen molar-refractivity contribution in [2.45, 2.75) is 32.8 Å². The first kappa shape index (κ1) is 22.5. The van der Waals surface area contributed by atoms with Gasteiger partial charge in [0, 0.05) is 5.92 Å². The summed E-state index contributed by atoms with van der Waals surface area (Å²) < 4.78 is 10.8. The minimum atomic E-state index is -1.18. The van der Waals surface area contributed by atoms with Crippen LogP contribution in [0.5, 0.6) is 0 Å². The summed E-state index contributed by atoms with van der Waals surface area (Å²) in [4.78, 5) is 36.7. The topological polar surface area (TPSA) is 102 Å². The van der Waals surface area contributed by atoms with Crippen molar-refractivity contribution in [2.24, 2.45) is 0 Å². The third kappa shape index (κ3) is 4.34. The molecule has 170 valence electrons. The fraction of sp³-hybridized carbons (Fsp3) is 0.240. The lowest BCUT2D eigenvalue weighted by atomic mass is 9.98. The first-order chi connectivity index (χ1) is 15.8. The highest BCUT2D eigenvalue weighted by Gasteiger charge is 2.30. The Balaban J connectivity index is 1.54. The summed E-state index contributed by atoms with van der Waals surface area (Å²) in [5.41, 5.74) is 4.65. The van der Waals surface area contributed by atoms with Crippen LogP contribution in [0.2, 0.25) is 0 Å². The van der Waals surface area contributed by atoms with Crippen molar-refractivity contribution >= 4 is 34.4 Å². The summed E-state index contributed by atoms with van der Waals surface area (Å²) in [7, 11) is 0. The van der Waals surface area contributed by atoms with Gasteiger partial charge < -0.3 is 14.6 Å². The molecule has 0 fully saturated rings. The van der Waals surface area contributed by atoms with Crippen LogP contribution in [0.25, 0.3) is 11.1 Å². The number of ether oxygens (including phenoxy) is 2. The number of carbonyl (C=O) groups is 3. The van der Waals surface area contributed by atoms with Crippen molar-refractivity contribution in [3.63, 3.8) is 0 Å². The van der Waals surface area contributed by atoms with Crippen molar-refractivity contribution in [2.75, 3.05) is 11.9 Å². The number of hydrogen-bond acceptors (Lipinski definition) is 6. The quantitative estimate of drug-likeness (QED) is 0.454. The fourth-order valence-corrected chi connectivity index (χ4v) is 5.07. The molecule has 0 spiro atoms. The molecule has 33 heavy (non-hydrogen) atoms. The average Bonchev–Trinajstić information content (AvgIpc) is 3.26. The Morgan fingerprint density at radius 2 is 1.61 bits per heavy atom. The number of nitrogens with one attached hydrogen (secondary N) is 1. The van der Waals surface area contributed by atoms with E-state index in [1.165, 1.54) is 6.92 Å². The Kier molecular flexibility index (Phi) is 6.20. The molecule has 0 saturated carbocycles. The van der Waals surface area contributed by atoms with E-state index in [1.54, 1.807) is 13.8 Å². The second kappa shape index (κ2) is 9.07. The Hall–Kier alpha value is -3.65. The molecule has 0 bridgehead atoms. The van der Waals surface area contributed by atoms with E-state index in [2.05, 4.69) is 5.32 Å². The third-order valence-corrected chi connectivity index (χ3v) is 6.64. The van der Waals surface area contributed by atoms with E-state index in [1.807, 2.05) is 48.5 Å². The van der Waals surface area contributed by atoms with Crippen LogP contribution in [0.3, 0.4) is 0 Å². The number of rotatable bonds is 6. The fourth-order valence-electron chi connectivity index (χ4n) is 4.05. The van der Waals surface area contributed by atoms with Crippen molar-refractivity contribution in [1.82, 2.24) is 0 Å². The number of anilines is 1. The number of carbonyl (C=O) groups excluding carboxylic acids is 2. The van der Waals surface area contributed by atoms with E-state index in [4.69, 9.17) is 9.47 Å². The van der Waals surface area contributed by atoms with Gasteiger partial charge in [-0.2, -0.15) is 0 Å². The summed E-state index contributed by atoms with van der Waals surface area (Å²) in [5.74, 6) is -2.00. The van der Waals surface area contributed by atoms with Crippen LogP contribution >= 0.6 is 11.3 Å². The molecule has 1 amide bonds. The number of fused-ring (bicyclic) bond motifs is 3. The minimum Gasteiger partial charge on any atom is -0.477 e. The average molecular weight is 466 g/mol. The standard InChI is InChI=1S/C25H23NO6S/c1-13(2)32-24(29)20-14(3)21(23(27)28)33-22(20)26-25(30)31-12-19-17-10-6-4-8-15(17)16-9-5-7-11-18(16)19/h4-11,13,19H,12H2,1-3H3,(H,26,30)(H,27,28). The number of carboxylic acids is 1. The lowest BCUT2D eigenvalue weighted by Crippen LogP contribution is -2.19. The predicted molar refractivity (Wildman–Crippen MR) is 125 cm³/mol. The number of aromatic carboxylic acids is 1. The number of carboxylic acid groups (broad SMARTS) is 1. The number of benzene rings is 2. The van der Waals surface area contributed by atoms with Gasteiger partial charge in [-0.1, -0.05) is 48.5 Å². The van der Waals surface area contributed by atoms with Gasteiger partial charge in [0.2, 0.25) is 0 Å². The molecule has 7 nitrogen and oxygen atoms in total. The van der Waals surface area contributed by atoms with E-state index in [-0.39, 0.29) is 33.5 Å². The molecular formula is C25H23NO6S. The van der Waals surface area contributed by atoms with Gasteiger partial charge in [-0.05, 0) is 48.6 Å². The van der Waals surface area contributed by atoms with E-state index < -0.39 is 24.1 Å². The molecule has 1 heterocycles. The summed E-state index contributed by atoms with van der Waals surface area (Å²) in [6.45, 7) is 4.99. The van der Waals surface area contributed by atoms with E-state index in [0.717, 1.165) is 33.6 Å². The minimum absolute atomic E-state index is 0.0274. The molecule has 2 aromatic carbocycles. The molecule has 0 aliphatic heterocycles. The molecule has 0 saturated heterocycles. The predicted octanol–water partition coefficient (Wildman–Crippen LogP) is 5.68. The van der Waals surface area contributed by atoms with Gasteiger partial charge in [-0.15, -0.1) is 11.3 Å². The molecule has 2 N–H and O–H groups in total. The van der Waals surface area contributed by atoms with Crippen LogP contribution in [0.4, 0.5) is 9.80 Å². The van der Waals surface area contributed by atoms with Crippen molar-refractivity contribution in [1.29, 1.82) is 0 Å². The maximum absolute atomic E-state index is 12.7. The largest absolute Gasteiger partial charge is 0.477 e. The van der Waals surface area contributed by atoms with Crippen LogP contribution in [0.15, 0.2) is 48.5 Å². The Morgan fingerprint density at radius 3 is 2.15 bits per heavy atom. The highest BCUT2D eigenvalue weighted by atomic mass is 32.1. The lowest BCUT2D eigenvalue weighted by molar-refractivity contribution is 0.0379. The van der Waals surface area contributed by atoms with Gasteiger partial charge in [-0.25, -0.2) is 14.4 Å². The van der Waals surface area contributed by atoms with Crippen molar-refractivity contribution < 1.29 is 29.0 Å². The maximum Gasteiger partial charge on any atom is 0.412 e. The van der Waals surface area contributed by atoms with Crippen molar-refractivity contribution in [3.8, 4) is 11.1 Å². The Bertz CT molecular complexity index is 1200. The molecule has 0 unspecified atom stereocenters. The monoisotopic (exact) mass is 465 g/mol. The van der Waals surface area contributed by atoms with Crippen LogP contribution in [0, 0.1) is 6.92 Å². The molecule has 4 rings (SSSR count). The Morgan fingerprint density at radius 1 is 1.03 bits per heavy atom. The van der Waals surface area contributed by atoms with Gasteiger partial charge in [0.15, 0.2) is 0 Å². The molecule has 3 aromatic rings. The highest BCUT2D eigenvalue weighted by molar-refractivity contribution is 7.18. The van der Waals surface area contributed by atoms with Gasteiger partial charge in [0.25, 0.3) is 0 Å². The SMILES string of the molecule is Cc1c(C(=O)O)sc(NC(=O)OCC2c3ccccc3-c3ccccc32)c1C(=O)OC(C)C. The van der Waals surface area contributed by atoms with Gasteiger partial charge >= 0.3 is 18.0 Å². The second-order valence-corrected chi connectivity index (χ2v) is 8.99. The zero-order valence-electron chi connectivity index (χ0n) is 18.4. The normalized spacial score (nSPS) is 12.2. The molecule has 1 aliphatic rings. The summed E-state index contributed by atoms with van der Waals surface area (Å²) in [6, 6.07) is 16.0. The summed E-state index contributed by atoms with van der Waals surface area (Å²) in [6.07, 6.45) is -1.17.